The summed E-state index contributed by atoms with van der Waals surface area (Å²) in [5, 5.41) is 18.5. The first kappa shape index (κ1) is 16.3. The quantitative estimate of drug-likeness (QED) is 0.819. The number of nitriles is 1. The third-order valence-corrected chi connectivity index (χ3v) is 4.13. The highest BCUT2D eigenvalue weighted by atomic mass is 32.1. The number of phenolic OH excluding ortho intramolecular Hbond substituents is 1. The lowest BCUT2D eigenvalue weighted by molar-refractivity contribution is -0.112. The van der Waals surface area contributed by atoms with Crippen molar-refractivity contribution in [2.24, 2.45) is 5.73 Å². The van der Waals surface area contributed by atoms with E-state index in [-0.39, 0.29) is 26.1 Å². The van der Waals surface area contributed by atoms with Crippen LogP contribution in [0.3, 0.4) is 0 Å². The van der Waals surface area contributed by atoms with Crippen LogP contribution in [0.15, 0.2) is 29.1 Å². The van der Waals surface area contributed by atoms with Crippen molar-refractivity contribution in [3.63, 3.8) is 0 Å². The first-order chi connectivity index (χ1) is 11.0. The Morgan fingerprint density at radius 2 is 2.26 bits per heavy atom. The molecule has 0 bridgehead atoms. The maximum atomic E-state index is 12.3. The van der Waals surface area contributed by atoms with Crippen molar-refractivity contribution >= 4 is 34.6 Å². The molecule has 0 fully saturated rings. The number of aromatic hydroxyl groups is 1. The molecule has 0 aliphatic carbocycles. The molecule has 0 unspecified atom stereocenters. The molecular formula is C16H13N3O3S. The molecule has 6 nitrogen and oxygen atoms in total. The number of nitrogens with two attached hydrogens (primary N) is 1. The summed E-state index contributed by atoms with van der Waals surface area (Å²) in [5.41, 5.74) is 8.09. The molecule has 0 radical (unpaired) electrons. The Balaban J connectivity index is 2.79. The number of benzene rings is 1. The molecule has 0 saturated carbocycles. The molecule has 1 aromatic heterocycles. The van der Waals surface area contributed by atoms with Crippen LogP contribution in [0.25, 0.3) is 17.4 Å². The number of hydrogen-bond donors (Lipinski definition) is 2. The van der Waals surface area contributed by atoms with E-state index in [2.05, 4.69) is 5.73 Å². The second kappa shape index (κ2) is 6.79. The first-order valence-electron chi connectivity index (χ1n) is 6.67. The van der Waals surface area contributed by atoms with Crippen LogP contribution in [0.2, 0.25) is 0 Å². The normalized spacial score (nSPS) is 11.3. The van der Waals surface area contributed by atoms with Crippen molar-refractivity contribution < 1.29 is 9.90 Å². The zero-order chi connectivity index (χ0) is 17.0. The lowest BCUT2D eigenvalue weighted by atomic mass is 10.2. The summed E-state index contributed by atoms with van der Waals surface area (Å²) >= 11 is 0.980. The van der Waals surface area contributed by atoms with Gasteiger partial charge in [-0.2, -0.15) is 5.26 Å². The smallest absolute Gasteiger partial charge is 0.277 e. The molecule has 3 N–H and O–H groups in total. The predicted octanol–water partition coefficient (Wildman–Crippen LogP) is -0.112. The van der Waals surface area contributed by atoms with Crippen LogP contribution in [0.4, 0.5) is 0 Å². The number of nitrogens with zero attached hydrogens (tertiary/aromatic N) is 2. The number of primary amides is 1. The molecule has 1 amide bonds. The average molecular weight is 327 g/mol. The van der Waals surface area contributed by atoms with E-state index in [1.807, 2.05) is 0 Å². The molecule has 0 spiro atoms. The van der Waals surface area contributed by atoms with Crippen LogP contribution in [-0.2, 0) is 11.3 Å². The van der Waals surface area contributed by atoms with Crippen molar-refractivity contribution in [1.29, 1.82) is 5.26 Å². The van der Waals surface area contributed by atoms with E-state index in [0.717, 1.165) is 11.3 Å². The van der Waals surface area contributed by atoms with Crippen molar-refractivity contribution in [3.05, 3.63) is 49.4 Å². The molecule has 0 aliphatic rings. The monoisotopic (exact) mass is 327 g/mol. The van der Waals surface area contributed by atoms with E-state index in [1.165, 1.54) is 16.7 Å². The van der Waals surface area contributed by atoms with Gasteiger partial charge in [-0.25, -0.2) is 0 Å². The van der Waals surface area contributed by atoms with E-state index in [1.54, 1.807) is 31.2 Å². The Morgan fingerprint density at radius 1 is 1.52 bits per heavy atom. The SMILES string of the molecule is CCn1c(=O)c(=C=Cc2cccc(O)c2)s/c1=C(/C#N)C(N)=O. The van der Waals surface area contributed by atoms with Crippen LogP contribution in [0.1, 0.15) is 12.5 Å². The number of amides is 1. The summed E-state index contributed by atoms with van der Waals surface area (Å²) < 4.78 is 1.78. The van der Waals surface area contributed by atoms with Crippen LogP contribution >= 0.6 is 11.3 Å². The van der Waals surface area contributed by atoms with Gasteiger partial charge in [-0.15, -0.1) is 11.3 Å². The maximum absolute atomic E-state index is 12.3. The Labute approximate surface area is 135 Å². The van der Waals surface area contributed by atoms with Gasteiger partial charge in [0.2, 0.25) is 0 Å². The molecule has 116 valence electrons. The van der Waals surface area contributed by atoms with Gasteiger partial charge < -0.3 is 10.8 Å². The van der Waals surface area contributed by atoms with E-state index in [0.29, 0.717) is 12.1 Å². The van der Waals surface area contributed by atoms with Gasteiger partial charge in [-0.05, 0) is 30.7 Å². The first-order valence-corrected chi connectivity index (χ1v) is 7.49. The molecule has 2 rings (SSSR count). The third kappa shape index (κ3) is 3.40. The molecule has 0 atom stereocenters. The third-order valence-electron chi connectivity index (χ3n) is 3.01. The van der Waals surface area contributed by atoms with Gasteiger partial charge >= 0.3 is 0 Å². The fraction of sp³-hybridized carbons (Fsp3) is 0.125. The molecule has 2 aromatic rings. The second-order valence-electron chi connectivity index (χ2n) is 4.52. The minimum Gasteiger partial charge on any atom is -0.508 e. The highest BCUT2D eigenvalue weighted by molar-refractivity contribution is 7.07. The summed E-state index contributed by atoms with van der Waals surface area (Å²) in [7, 11) is 0. The van der Waals surface area contributed by atoms with Gasteiger partial charge in [0.1, 0.15) is 21.0 Å². The molecule has 1 aromatic carbocycles. The van der Waals surface area contributed by atoms with Gasteiger partial charge in [0.25, 0.3) is 11.5 Å². The van der Waals surface area contributed by atoms with E-state index < -0.39 is 5.91 Å². The molecular weight excluding hydrogens is 314 g/mol. The largest absolute Gasteiger partial charge is 0.508 e. The van der Waals surface area contributed by atoms with E-state index in [4.69, 9.17) is 11.0 Å². The Bertz CT molecular complexity index is 1020. The van der Waals surface area contributed by atoms with E-state index >= 15 is 0 Å². The summed E-state index contributed by atoms with van der Waals surface area (Å²) in [6, 6.07) is 8.21. The second-order valence-corrected chi connectivity index (χ2v) is 5.52. The standard InChI is InChI=1S/C16H13N3O3S/c1-2-19-15(22)13(23-16(19)12(9-17)14(18)21)7-6-10-4-3-5-11(20)8-10/h3-6,8,20H,2H2,1H3,(H2,18,21)/b16-12-. The Kier molecular flexibility index (Phi) is 4.82. The zero-order valence-corrected chi connectivity index (χ0v) is 13.1. The number of hydrogen-bond acceptors (Lipinski definition) is 5. The highest BCUT2D eigenvalue weighted by Gasteiger charge is 2.11. The zero-order valence-electron chi connectivity index (χ0n) is 12.2. The molecule has 0 aliphatic heterocycles. The fourth-order valence-electron chi connectivity index (χ4n) is 1.95. The summed E-state index contributed by atoms with van der Waals surface area (Å²) in [6.45, 7) is 2.03. The van der Waals surface area contributed by atoms with Crippen molar-refractivity contribution in [1.82, 2.24) is 4.57 Å². The number of carbonyl (C=O) groups excluding carboxylic acids is 1. The lowest BCUT2D eigenvalue weighted by Gasteiger charge is -1.95. The van der Waals surface area contributed by atoms with Crippen molar-refractivity contribution in [3.8, 4) is 11.8 Å². The number of phenols is 1. The minimum atomic E-state index is -0.875. The Hall–Kier alpha value is -3.07. The predicted molar refractivity (Wildman–Crippen MR) is 87.7 cm³/mol. The Morgan fingerprint density at radius 3 is 2.83 bits per heavy atom. The number of aromatic nitrogens is 1. The minimum absolute atomic E-state index is 0.104. The topological polar surface area (TPSA) is 109 Å². The highest BCUT2D eigenvalue weighted by Crippen LogP contribution is 2.11. The number of carbonyl (C=O) groups is 1. The van der Waals surface area contributed by atoms with Gasteiger partial charge in [0.15, 0.2) is 5.57 Å². The summed E-state index contributed by atoms with van der Waals surface area (Å²) in [5.74, 6) is -0.772. The maximum Gasteiger partial charge on any atom is 0.277 e. The average Bonchev–Trinajstić information content (AvgIpc) is 2.81. The van der Waals surface area contributed by atoms with Crippen LogP contribution < -0.4 is 20.5 Å². The summed E-state index contributed by atoms with van der Waals surface area (Å²) in [4.78, 5) is 23.7. The van der Waals surface area contributed by atoms with Crippen LogP contribution in [0, 0.1) is 11.3 Å². The number of rotatable bonds is 3. The molecule has 1 heterocycles. The van der Waals surface area contributed by atoms with Crippen LogP contribution in [0.5, 0.6) is 5.75 Å². The molecule has 23 heavy (non-hydrogen) atoms. The molecule has 7 heteroatoms. The lowest BCUT2D eigenvalue weighted by Crippen LogP contribution is -2.32. The summed E-state index contributed by atoms with van der Waals surface area (Å²) in [6.07, 6.45) is 1.55. The number of thiazole rings is 1. The van der Waals surface area contributed by atoms with Crippen molar-refractivity contribution in [2.45, 2.75) is 13.5 Å². The van der Waals surface area contributed by atoms with Gasteiger partial charge in [-0.1, -0.05) is 17.9 Å². The van der Waals surface area contributed by atoms with Crippen molar-refractivity contribution in [2.75, 3.05) is 0 Å². The van der Waals surface area contributed by atoms with E-state index in [9.17, 15) is 14.7 Å². The van der Waals surface area contributed by atoms with Gasteiger partial charge in [-0.3, -0.25) is 14.2 Å². The molecule has 0 saturated heterocycles. The fourth-order valence-corrected chi connectivity index (χ4v) is 3.03. The van der Waals surface area contributed by atoms with Crippen LogP contribution in [-0.4, -0.2) is 15.6 Å². The van der Waals surface area contributed by atoms with Gasteiger partial charge in [0, 0.05) is 6.54 Å². The van der Waals surface area contributed by atoms with Gasteiger partial charge in [0.05, 0.1) is 0 Å².